The van der Waals surface area contributed by atoms with Crippen molar-refractivity contribution in [1.29, 1.82) is 0 Å². The Balaban J connectivity index is 3.28. The van der Waals surface area contributed by atoms with E-state index in [2.05, 4.69) is 19.2 Å². The maximum Gasteiger partial charge on any atom is 0.0274 e. The van der Waals surface area contributed by atoms with Crippen molar-refractivity contribution in [3.8, 4) is 0 Å². The third-order valence-corrected chi connectivity index (χ3v) is 2.37. The van der Waals surface area contributed by atoms with E-state index in [1.165, 1.54) is 12.8 Å². The second-order valence-electron chi connectivity index (χ2n) is 3.50. The lowest BCUT2D eigenvalue weighted by Gasteiger charge is -2.20. The van der Waals surface area contributed by atoms with Gasteiger partial charge in [-0.1, -0.05) is 13.8 Å². The molecule has 0 heterocycles. The third kappa shape index (κ3) is 5.07. The molecule has 0 aromatic heterocycles. The highest BCUT2D eigenvalue weighted by Gasteiger charge is 2.14. The van der Waals surface area contributed by atoms with Gasteiger partial charge in [-0.15, -0.1) is 11.6 Å². The normalized spacial score (nSPS) is 12.0. The molecule has 0 bridgehead atoms. The van der Waals surface area contributed by atoms with Crippen LogP contribution in [0.5, 0.6) is 0 Å². The molecule has 0 atom stereocenters. The first-order chi connectivity index (χ1) is 4.62. The molecule has 0 rings (SSSR count). The highest BCUT2D eigenvalue weighted by molar-refractivity contribution is 6.18. The number of hydrogen-bond donors (Lipinski definition) is 1. The number of rotatable bonds is 5. The van der Waals surface area contributed by atoms with Crippen LogP contribution >= 0.6 is 11.6 Å². The Morgan fingerprint density at radius 1 is 1.40 bits per heavy atom. The minimum atomic E-state index is 0.318. The van der Waals surface area contributed by atoms with Crippen molar-refractivity contribution in [3.63, 3.8) is 0 Å². The van der Waals surface area contributed by atoms with Crippen molar-refractivity contribution in [2.24, 2.45) is 5.41 Å². The first-order valence-electron chi connectivity index (χ1n) is 3.83. The molecule has 0 aromatic rings. The Morgan fingerprint density at radius 3 is 2.40 bits per heavy atom. The molecule has 0 aliphatic carbocycles. The maximum absolute atomic E-state index is 5.75. The second-order valence-corrected chi connectivity index (χ2v) is 3.77. The highest BCUT2D eigenvalue weighted by atomic mass is 35.5. The molecule has 0 aliphatic heterocycles. The van der Waals surface area contributed by atoms with E-state index in [4.69, 9.17) is 11.6 Å². The number of halogens is 1. The summed E-state index contributed by atoms with van der Waals surface area (Å²) in [5, 5.41) is 3.12. The number of nitrogens with one attached hydrogen (secondary N) is 1. The summed E-state index contributed by atoms with van der Waals surface area (Å²) in [4.78, 5) is 0. The fourth-order valence-corrected chi connectivity index (χ4v) is 0.944. The molecule has 0 saturated carbocycles. The molecule has 2 heteroatoms. The third-order valence-electron chi connectivity index (χ3n) is 1.64. The summed E-state index contributed by atoms with van der Waals surface area (Å²) in [5.41, 5.74) is 0.318. The average molecular weight is 164 g/mol. The quantitative estimate of drug-likeness (QED) is 0.484. The standard InChI is InChI=1S/C8H18ClN/c1-8(2,7-9)5-4-6-10-3/h10H,4-7H2,1-3H3. The topological polar surface area (TPSA) is 12.0 Å². The van der Waals surface area contributed by atoms with Crippen LogP contribution < -0.4 is 5.32 Å². The van der Waals surface area contributed by atoms with Crippen LogP contribution in [0.3, 0.4) is 0 Å². The Morgan fingerprint density at radius 2 is 2.00 bits per heavy atom. The molecule has 10 heavy (non-hydrogen) atoms. The minimum Gasteiger partial charge on any atom is -0.320 e. The second kappa shape index (κ2) is 4.97. The van der Waals surface area contributed by atoms with Crippen molar-refractivity contribution < 1.29 is 0 Å². The van der Waals surface area contributed by atoms with Gasteiger partial charge in [0.15, 0.2) is 0 Å². The summed E-state index contributed by atoms with van der Waals surface area (Å²) < 4.78 is 0. The van der Waals surface area contributed by atoms with Crippen LogP contribution in [0, 0.1) is 5.41 Å². The molecule has 0 fully saturated rings. The Hall–Kier alpha value is 0.250. The maximum atomic E-state index is 5.75. The van der Waals surface area contributed by atoms with Crippen LogP contribution in [0.25, 0.3) is 0 Å². The molecule has 62 valence electrons. The lowest BCUT2D eigenvalue weighted by molar-refractivity contribution is 0.369. The molecule has 1 N–H and O–H groups in total. The Bertz CT molecular complexity index is 81.3. The summed E-state index contributed by atoms with van der Waals surface area (Å²) in [7, 11) is 1.98. The van der Waals surface area contributed by atoms with Gasteiger partial charge in [0.2, 0.25) is 0 Å². The van der Waals surface area contributed by atoms with E-state index >= 15 is 0 Å². The van der Waals surface area contributed by atoms with Crippen LogP contribution in [-0.2, 0) is 0 Å². The Kier molecular flexibility index (Phi) is 5.10. The average Bonchev–Trinajstić information content (AvgIpc) is 1.89. The molecule has 0 unspecified atom stereocenters. The summed E-state index contributed by atoms with van der Waals surface area (Å²) in [6.45, 7) is 5.51. The monoisotopic (exact) mass is 163 g/mol. The van der Waals surface area contributed by atoms with Gasteiger partial charge < -0.3 is 5.32 Å². The molecule has 1 nitrogen and oxygen atoms in total. The van der Waals surface area contributed by atoms with Gasteiger partial charge in [-0.05, 0) is 31.8 Å². The van der Waals surface area contributed by atoms with E-state index in [1.807, 2.05) is 7.05 Å². The Labute approximate surface area is 69.1 Å². The van der Waals surface area contributed by atoms with Crippen LogP contribution in [-0.4, -0.2) is 19.5 Å². The van der Waals surface area contributed by atoms with Crippen LogP contribution in [0.2, 0.25) is 0 Å². The lowest BCUT2D eigenvalue weighted by atomic mass is 9.90. The first kappa shape index (κ1) is 10.2. The predicted octanol–water partition coefficient (Wildman–Crippen LogP) is 2.25. The van der Waals surface area contributed by atoms with Crippen molar-refractivity contribution in [2.75, 3.05) is 19.5 Å². The SMILES string of the molecule is CNCCCC(C)(C)CCl. The largest absolute Gasteiger partial charge is 0.320 e. The van der Waals surface area contributed by atoms with Crippen molar-refractivity contribution in [2.45, 2.75) is 26.7 Å². The molecular formula is C8H18ClN. The van der Waals surface area contributed by atoms with E-state index in [9.17, 15) is 0 Å². The molecule has 0 spiro atoms. The van der Waals surface area contributed by atoms with E-state index < -0.39 is 0 Å². The van der Waals surface area contributed by atoms with Gasteiger partial charge in [-0.2, -0.15) is 0 Å². The van der Waals surface area contributed by atoms with Crippen molar-refractivity contribution in [1.82, 2.24) is 5.32 Å². The summed E-state index contributed by atoms with van der Waals surface area (Å²) in [6, 6.07) is 0. The smallest absolute Gasteiger partial charge is 0.0274 e. The van der Waals surface area contributed by atoms with Crippen molar-refractivity contribution in [3.05, 3.63) is 0 Å². The predicted molar refractivity (Wildman–Crippen MR) is 47.7 cm³/mol. The lowest BCUT2D eigenvalue weighted by Crippen LogP contribution is -2.16. The van der Waals surface area contributed by atoms with Gasteiger partial charge in [0.25, 0.3) is 0 Å². The van der Waals surface area contributed by atoms with E-state index in [0.29, 0.717) is 5.41 Å². The zero-order chi connectivity index (χ0) is 8.04. The molecule has 0 amide bonds. The van der Waals surface area contributed by atoms with Gasteiger partial charge >= 0.3 is 0 Å². The van der Waals surface area contributed by atoms with Gasteiger partial charge in [0, 0.05) is 5.88 Å². The summed E-state index contributed by atoms with van der Waals surface area (Å²) in [6.07, 6.45) is 2.42. The highest BCUT2D eigenvalue weighted by Crippen LogP contribution is 2.22. The van der Waals surface area contributed by atoms with E-state index in [-0.39, 0.29) is 0 Å². The first-order valence-corrected chi connectivity index (χ1v) is 4.36. The fraction of sp³-hybridized carbons (Fsp3) is 1.00. The number of alkyl halides is 1. The van der Waals surface area contributed by atoms with Gasteiger partial charge in [-0.25, -0.2) is 0 Å². The summed E-state index contributed by atoms with van der Waals surface area (Å²) in [5.74, 6) is 0.761. The minimum absolute atomic E-state index is 0.318. The van der Waals surface area contributed by atoms with Crippen LogP contribution in [0.4, 0.5) is 0 Å². The molecule has 0 aliphatic rings. The summed E-state index contributed by atoms with van der Waals surface area (Å²) >= 11 is 5.75. The molecule has 0 aromatic carbocycles. The van der Waals surface area contributed by atoms with E-state index in [0.717, 1.165) is 12.4 Å². The van der Waals surface area contributed by atoms with Crippen LogP contribution in [0.1, 0.15) is 26.7 Å². The van der Waals surface area contributed by atoms with E-state index in [1.54, 1.807) is 0 Å². The van der Waals surface area contributed by atoms with Crippen molar-refractivity contribution >= 4 is 11.6 Å². The van der Waals surface area contributed by atoms with Gasteiger partial charge in [0.1, 0.15) is 0 Å². The zero-order valence-corrected chi connectivity index (χ0v) is 7.96. The van der Waals surface area contributed by atoms with Crippen LogP contribution in [0.15, 0.2) is 0 Å². The van der Waals surface area contributed by atoms with Gasteiger partial charge in [-0.3, -0.25) is 0 Å². The fourth-order valence-electron chi connectivity index (χ4n) is 0.811. The molecule has 0 radical (unpaired) electrons. The number of hydrogen-bond acceptors (Lipinski definition) is 1. The zero-order valence-electron chi connectivity index (χ0n) is 7.21. The molecular weight excluding hydrogens is 146 g/mol. The molecule has 0 saturated heterocycles. The van der Waals surface area contributed by atoms with Gasteiger partial charge in [0.05, 0.1) is 0 Å².